The molecule has 4 aromatic carbocycles. The van der Waals surface area contributed by atoms with Gasteiger partial charge in [0.2, 0.25) is 5.82 Å². The van der Waals surface area contributed by atoms with Gasteiger partial charge in [0.1, 0.15) is 41.3 Å². The number of fused-ring (bicyclic) bond motifs is 5. The van der Waals surface area contributed by atoms with E-state index >= 15 is 0 Å². The van der Waals surface area contributed by atoms with Crippen LogP contribution in [0.5, 0.6) is 28.7 Å². The predicted octanol–water partition coefficient (Wildman–Crippen LogP) is 7.44. The Bertz CT molecular complexity index is 3530. The van der Waals surface area contributed by atoms with E-state index in [-0.39, 0.29) is 96.0 Å². The SMILES string of the molecule is CCNC(=O)c1nnc(-c2cc(C(C)C)c(O)cc2O)n1-c1ccc(Oc2ccc(C(=O)N3CCC(CC)(C(=O)O)CC3C3C(=O)OCc4c3cc3n(c4=O)Cc4cc5c(CN(C)C)c(O)ccc5nc4-3)cc2)cc1. The van der Waals surface area contributed by atoms with E-state index in [9.17, 15) is 44.4 Å². The fraction of sp³-hybridized carbons (Fsp3) is 0.321. The predicted molar refractivity (Wildman–Crippen MR) is 275 cm³/mol. The number of nitrogens with one attached hydrogen (secondary N) is 1. The maximum absolute atomic E-state index is 14.8. The number of carboxylic acids is 1. The Balaban J connectivity index is 0.946. The molecular weight excluding hydrogens is 961 g/mol. The third-order valence-corrected chi connectivity index (χ3v) is 14.8. The lowest BCUT2D eigenvalue weighted by molar-refractivity contribution is -0.158. The zero-order valence-electron chi connectivity index (χ0n) is 42.2. The van der Waals surface area contributed by atoms with Crippen molar-refractivity contribution in [3.8, 4) is 57.2 Å². The summed E-state index contributed by atoms with van der Waals surface area (Å²) in [5, 5.41) is 54.9. The van der Waals surface area contributed by atoms with Gasteiger partial charge in [0.25, 0.3) is 17.4 Å². The minimum Gasteiger partial charge on any atom is -0.508 e. The summed E-state index contributed by atoms with van der Waals surface area (Å²) in [7, 11) is 3.80. The molecule has 0 spiro atoms. The summed E-state index contributed by atoms with van der Waals surface area (Å²) in [6, 6.07) is 22.0. The van der Waals surface area contributed by atoms with E-state index in [0.717, 1.165) is 10.9 Å². The zero-order valence-corrected chi connectivity index (χ0v) is 42.2. The van der Waals surface area contributed by atoms with Gasteiger partial charge >= 0.3 is 11.9 Å². The Kier molecular flexibility index (Phi) is 12.9. The van der Waals surface area contributed by atoms with E-state index in [4.69, 9.17) is 14.5 Å². The third-order valence-electron chi connectivity index (χ3n) is 14.8. The number of carbonyl (C=O) groups is 4. The molecule has 75 heavy (non-hydrogen) atoms. The highest BCUT2D eigenvalue weighted by Crippen LogP contribution is 2.47. The maximum atomic E-state index is 14.8. The van der Waals surface area contributed by atoms with Crippen LogP contribution in [0.4, 0.5) is 0 Å². The first-order valence-corrected chi connectivity index (χ1v) is 24.9. The number of amides is 2. The van der Waals surface area contributed by atoms with Gasteiger partial charge in [-0.05, 0) is 136 Å². The van der Waals surface area contributed by atoms with Gasteiger partial charge in [0, 0.05) is 53.5 Å². The lowest BCUT2D eigenvalue weighted by Crippen LogP contribution is -2.56. The molecule has 3 aliphatic rings. The van der Waals surface area contributed by atoms with Gasteiger partial charge < -0.3 is 49.6 Å². The summed E-state index contributed by atoms with van der Waals surface area (Å²) < 4.78 is 15.0. The van der Waals surface area contributed by atoms with Gasteiger partial charge in [-0.25, -0.2) is 4.98 Å². The van der Waals surface area contributed by atoms with Crippen LogP contribution in [0, 0.1) is 5.41 Å². The Morgan fingerprint density at radius 2 is 1.63 bits per heavy atom. The van der Waals surface area contributed by atoms with Crippen LogP contribution in [0.2, 0.25) is 0 Å². The van der Waals surface area contributed by atoms with E-state index in [1.54, 1.807) is 91.2 Å². The molecule has 3 unspecified atom stereocenters. The van der Waals surface area contributed by atoms with Crippen molar-refractivity contribution in [2.45, 2.75) is 84.5 Å². The molecule has 0 radical (unpaired) electrons. The van der Waals surface area contributed by atoms with Crippen LogP contribution in [-0.2, 0) is 34.0 Å². The van der Waals surface area contributed by atoms with Crippen LogP contribution >= 0.6 is 0 Å². The molecule has 0 bridgehead atoms. The number of piperidine rings is 1. The molecule has 1 fully saturated rings. The fourth-order valence-corrected chi connectivity index (χ4v) is 10.8. The van der Waals surface area contributed by atoms with Crippen molar-refractivity contribution in [1.82, 2.24) is 39.4 Å². The number of nitrogens with zero attached hydrogens (tertiary/aromatic N) is 7. The molecule has 6 heterocycles. The van der Waals surface area contributed by atoms with Crippen molar-refractivity contribution >= 4 is 34.7 Å². The van der Waals surface area contributed by atoms with Gasteiger partial charge in [-0.2, -0.15) is 0 Å². The molecule has 10 rings (SSSR count). The van der Waals surface area contributed by atoms with Crippen LogP contribution in [0.15, 0.2) is 89.7 Å². The summed E-state index contributed by atoms with van der Waals surface area (Å²) in [5.74, 6) is -3.23. The normalized spacial score (nSPS) is 17.9. The summed E-state index contributed by atoms with van der Waals surface area (Å²) in [6.45, 7) is 8.05. The van der Waals surface area contributed by atoms with Crippen LogP contribution in [0.3, 0.4) is 0 Å². The van der Waals surface area contributed by atoms with Crippen molar-refractivity contribution in [3.63, 3.8) is 0 Å². The van der Waals surface area contributed by atoms with Crippen molar-refractivity contribution < 1.29 is 49.1 Å². The average Bonchev–Trinajstić information content (AvgIpc) is 4.01. The number of aromatic hydroxyl groups is 3. The number of phenolic OH excluding ortho intramolecular Hbond substituents is 3. The Morgan fingerprint density at radius 1 is 0.907 bits per heavy atom. The second kappa shape index (κ2) is 19.4. The highest BCUT2D eigenvalue weighted by atomic mass is 16.5. The molecule has 7 aromatic rings. The summed E-state index contributed by atoms with van der Waals surface area (Å²) in [6.07, 6.45) is 0.293. The summed E-state index contributed by atoms with van der Waals surface area (Å²) in [5.41, 5.74) is 3.63. The smallest absolute Gasteiger partial charge is 0.315 e. The molecular formula is C56H56N8O11. The number of hydrogen-bond acceptors (Lipinski definition) is 14. The summed E-state index contributed by atoms with van der Waals surface area (Å²) >= 11 is 0. The number of cyclic esters (lactones) is 1. The van der Waals surface area contributed by atoms with Gasteiger partial charge in [-0.15, -0.1) is 10.2 Å². The third kappa shape index (κ3) is 8.75. The van der Waals surface area contributed by atoms with Crippen LogP contribution in [0.1, 0.15) is 108 Å². The van der Waals surface area contributed by atoms with Gasteiger partial charge in [0.05, 0.1) is 46.0 Å². The Hall–Kier alpha value is -8.58. The Labute approximate surface area is 430 Å². The molecule has 19 heteroatoms. The second-order valence-electron chi connectivity index (χ2n) is 20.0. The number of benzene rings is 4. The molecule has 19 nitrogen and oxygen atoms in total. The first kappa shape index (κ1) is 50.0. The molecule has 386 valence electrons. The number of esters is 1. The first-order valence-electron chi connectivity index (χ1n) is 24.9. The largest absolute Gasteiger partial charge is 0.508 e. The minimum atomic E-state index is -1.27. The van der Waals surface area contributed by atoms with E-state index in [0.29, 0.717) is 63.9 Å². The quantitative estimate of drug-likeness (QED) is 0.0704. The van der Waals surface area contributed by atoms with Gasteiger partial charge in [-0.1, -0.05) is 20.8 Å². The standard InChI is InChI=1S/C56H56N8O11/c1-7-56(55(72)73)19-20-62(43(25-56)47-37-23-42-48-31(26-63(42)53(70)40(37)28-74-54(47)71)21-36-39(27-61(5)6)44(65)18-17-41(36)58-48)52(69)30-9-13-33(14-10-30)75-34-15-11-32(12-16-34)64-49(59-60-50(64)51(68)57-8-2)38-22-35(29(3)4)45(66)24-46(38)67/h9-18,21-24,29,43,47,65-67H,7-8,19-20,25-28H2,1-6H3,(H,57,68)(H,72,73). The molecule has 3 aliphatic heterocycles. The minimum absolute atomic E-state index is 0.0109. The first-order chi connectivity index (χ1) is 35.9. The van der Waals surface area contributed by atoms with Crippen molar-refractivity contribution in [3.05, 3.63) is 134 Å². The van der Waals surface area contributed by atoms with Crippen LogP contribution in [-0.4, -0.2) is 112 Å². The lowest BCUT2D eigenvalue weighted by atomic mass is 9.69. The average molecular weight is 1020 g/mol. The molecule has 5 N–H and O–H groups in total. The number of carbonyl (C=O) groups excluding carboxylic acids is 3. The molecule has 0 saturated carbocycles. The number of rotatable bonds is 13. The molecule has 0 aliphatic carbocycles. The van der Waals surface area contributed by atoms with E-state index in [2.05, 4.69) is 15.5 Å². The summed E-state index contributed by atoms with van der Waals surface area (Å²) in [4.78, 5) is 78.2. The fourth-order valence-electron chi connectivity index (χ4n) is 10.8. The highest BCUT2D eigenvalue weighted by Gasteiger charge is 2.52. The van der Waals surface area contributed by atoms with Crippen molar-refractivity contribution in [2.24, 2.45) is 5.41 Å². The second-order valence-corrected chi connectivity index (χ2v) is 20.0. The number of pyridine rings is 2. The zero-order chi connectivity index (χ0) is 53.2. The molecule has 1 saturated heterocycles. The van der Waals surface area contributed by atoms with Gasteiger partial charge in [0.15, 0.2) is 5.82 Å². The number of likely N-dealkylation sites (tertiary alicyclic amines) is 1. The van der Waals surface area contributed by atoms with Crippen LogP contribution in [0.25, 0.3) is 39.4 Å². The Morgan fingerprint density at radius 3 is 2.29 bits per heavy atom. The van der Waals surface area contributed by atoms with Crippen LogP contribution < -0.4 is 15.6 Å². The topological polar surface area (TPSA) is 252 Å². The number of hydrogen-bond donors (Lipinski definition) is 5. The number of aromatic nitrogens is 5. The van der Waals surface area contributed by atoms with Gasteiger partial charge in [-0.3, -0.25) is 28.5 Å². The van der Waals surface area contributed by atoms with E-state index in [1.807, 2.05) is 38.9 Å². The molecule has 3 atom stereocenters. The van der Waals surface area contributed by atoms with E-state index < -0.39 is 41.1 Å². The maximum Gasteiger partial charge on any atom is 0.315 e. The van der Waals surface area contributed by atoms with E-state index in [1.165, 1.54) is 15.5 Å². The molecule has 3 aromatic heterocycles. The van der Waals surface area contributed by atoms with Crippen molar-refractivity contribution in [1.29, 1.82) is 0 Å². The number of aliphatic carboxylic acids is 1. The monoisotopic (exact) mass is 1020 g/mol. The number of phenols is 3. The number of carboxylic acid groups (broad SMARTS) is 1. The molecule has 2 amide bonds. The number of ether oxygens (including phenoxy) is 2. The van der Waals surface area contributed by atoms with Crippen molar-refractivity contribution in [2.75, 3.05) is 27.2 Å². The highest BCUT2D eigenvalue weighted by molar-refractivity contribution is 5.96. The lowest BCUT2D eigenvalue weighted by Gasteiger charge is -2.47.